The molecule has 1 N–H and O–H groups in total. The van der Waals surface area contributed by atoms with Gasteiger partial charge in [-0.15, -0.1) is 10.2 Å². The second-order valence-electron chi connectivity index (χ2n) is 8.81. The van der Waals surface area contributed by atoms with E-state index in [1.807, 2.05) is 0 Å². The summed E-state index contributed by atoms with van der Waals surface area (Å²) >= 11 is 1.12. The number of hydrogen-bond donors (Lipinski definition) is 1. The van der Waals surface area contributed by atoms with Crippen LogP contribution in [0.25, 0.3) is 11.1 Å². The van der Waals surface area contributed by atoms with Crippen molar-refractivity contribution in [3.05, 3.63) is 46.5 Å². The normalized spacial score (nSPS) is 14.7. The molecule has 4 heterocycles. The van der Waals surface area contributed by atoms with Crippen molar-refractivity contribution < 1.29 is 27.8 Å². The Morgan fingerprint density at radius 2 is 2.08 bits per heavy atom. The summed E-state index contributed by atoms with van der Waals surface area (Å²) in [6.45, 7) is 1.02. The number of amides is 2. The summed E-state index contributed by atoms with van der Waals surface area (Å²) in [4.78, 5) is 34.9. The lowest BCUT2D eigenvalue weighted by Crippen LogP contribution is -2.41. The van der Waals surface area contributed by atoms with Gasteiger partial charge < -0.3 is 14.4 Å². The molecule has 40 heavy (non-hydrogen) atoms. The maximum Gasteiger partial charge on any atom is 0.280 e. The first kappa shape index (κ1) is 27.1. The fraction of sp³-hybridized carbons (Fsp3) is 0.333. The molecule has 10 nitrogen and oxygen atoms in total. The molecule has 3 aromatic heterocycles. The van der Waals surface area contributed by atoms with Crippen LogP contribution in [0.1, 0.15) is 46.0 Å². The Morgan fingerprint density at radius 3 is 2.83 bits per heavy atom. The number of alkyl halides is 2. The van der Waals surface area contributed by atoms with Crippen molar-refractivity contribution in [1.29, 1.82) is 0 Å². The molecular weight excluding hydrogens is 542 g/mol. The largest absolute Gasteiger partial charge is 0.494 e. The molecule has 0 radical (unpaired) electrons. The molecule has 0 aromatic carbocycles. The Balaban J connectivity index is 1.47. The first-order valence-electron chi connectivity index (χ1n) is 12.2. The average molecular weight is 565 g/mol. The lowest BCUT2D eigenvalue weighted by molar-refractivity contribution is -0.141. The van der Waals surface area contributed by atoms with E-state index in [0.717, 1.165) is 30.2 Å². The number of pyridine rings is 2. The minimum Gasteiger partial charge on any atom is -0.494 e. The van der Waals surface area contributed by atoms with Gasteiger partial charge in [0, 0.05) is 29.8 Å². The number of halogens is 2. The summed E-state index contributed by atoms with van der Waals surface area (Å²) in [6.07, 6.45) is 1.77. The van der Waals surface area contributed by atoms with E-state index in [-0.39, 0.29) is 52.3 Å². The minimum absolute atomic E-state index is 0.00536. The number of ether oxygens (including phenoxy) is 2. The van der Waals surface area contributed by atoms with Crippen LogP contribution in [0.5, 0.6) is 5.75 Å². The number of carbonyl (C=O) groups is 2. The summed E-state index contributed by atoms with van der Waals surface area (Å²) < 4.78 is 37.6. The van der Waals surface area contributed by atoms with Gasteiger partial charge in [0.15, 0.2) is 5.01 Å². The van der Waals surface area contributed by atoms with E-state index in [9.17, 15) is 18.4 Å². The van der Waals surface area contributed by atoms with Gasteiger partial charge in [0.2, 0.25) is 11.0 Å². The van der Waals surface area contributed by atoms with Gasteiger partial charge in [-0.05, 0) is 36.8 Å². The van der Waals surface area contributed by atoms with Gasteiger partial charge in [0.25, 0.3) is 12.3 Å². The molecule has 1 saturated heterocycles. The molecule has 1 aliphatic carbocycles. The molecule has 0 atom stereocenters. The molecule has 0 unspecified atom stereocenters. The van der Waals surface area contributed by atoms with Gasteiger partial charge in [-0.1, -0.05) is 23.2 Å². The molecule has 204 valence electrons. The number of aromatic nitrogens is 4. The van der Waals surface area contributed by atoms with Crippen molar-refractivity contribution in [2.24, 2.45) is 5.92 Å². The van der Waals surface area contributed by atoms with E-state index in [4.69, 9.17) is 9.47 Å². The second kappa shape index (κ2) is 12.2. The third kappa shape index (κ3) is 6.57. The maximum absolute atomic E-state index is 13.5. The number of methoxy groups -OCH3 is 1. The van der Waals surface area contributed by atoms with Crippen LogP contribution >= 0.6 is 11.3 Å². The number of nitrogens with one attached hydrogen (secondary N) is 1. The molecule has 1 aliphatic heterocycles. The van der Waals surface area contributed by atoms with E-state index in [1.54, 1.807) is 4.90 Å². The fourth-order valence-corrected chi connectivity index (χ4v) is 4.30. The Morgan fingerprint density at radius 1 is 1.23 bits per heavy atom. The summed E-state index contributed by atoms with van der Waals surface area (Å²) in [5.41, 5.74) is 0.303. The average Bonchev–Trinajstić information content (AvgIpc) is 3.69. The van der Waals surface area contributed by atoms with Gasteiger partial charge in [-0.2, -0.15) is 0 Å². The van der Waals surface area contributed by atoms with E-state index >= 15 is 0 Å². The topological polar surface area (TPSA) is 119 Å². The lowest BCUT2D eigenvalue weighted by Gasteiger charge is -2.24. The van der Waals surface area contributed by atoms with Crippen molar-refractivity contribution in [2.45, 2.75) is 19.3 Å². The van der Waals surface area contributed by atoms with Crippen molar-refractivity contribution in [2.75, 3.05) is 38.7 Å². The number of morpholine rings is 1. The van der Waals surface area contributed by atoms with Gasteiger partial charge >= 0.3 is 0 Å². The summed E-state index contributed by atoms with van der Waals surface area (Å²) in [6, 6.07) is 2.67. The van der Waals surface area contributed by atoms with E-state index in [1.165, 1.54) is 25.6 Å². The number of hydrogen-bond acceptors (Lipinski definition) is 9. The second-order valence-corrected chi connectivity index (χ2v) is 9.78. The monoisotopic (exact) mass is 564 g/mol. The number of rotatable bonds is 6. The summed E-state index contributed by atoms with van der Waals surface area (Å²) in [7, 11) is 1.37. The van der Waals surface area contributed by atoms with Gasteiger partial charge in [-0.3, -0.25) is 19.9 Å². The smallest absolute Gasteiger partial charge is 0.280 e. The number of nitrogens with zero attached hydrogens (tertiary/aromatic N) is 5. The predicted molar refractivity (Wildman–Crippen MR) is 141 cm³/mol. The Hall–Kier alpha value is -4.46. The molecule has 2 amide bonds. The summed E-state index contributed by atoms with van der Waals surface area (Å²) in [5.74, 6) is 11.6. The fourth-order valence-electron chi connectivity index (χ4n) is 3.70. The quantitative estimate of drug-likeness (QED) is 0.454. The molecule has 0 spiro atoms. The highest BCUT2D eigenvalue weighted by atomic mass is 32.1. The first-order chi connectivity index (χ1) is 19.4. The van der Waals surface area contributed by atoms with Crippen LogP contribution < -0.4 is 10.1 Å². The van der Waals surface area contributed by atoms with Gasteiger partial charge in [0.1, 0.15) is 23.7 Å². The van der Waals surface area contributed by atoms with Gasteiger partial charge in [-0.25, -0.2) is 13.8 Å². The van der Waals surface area contributed by atoms with Crippen LogP contribution in [-0.2, 0) is 9.53 Å². The van der Waals surface area contributed by atoms with E-state index in [2.05, 4.69) is 49.2 Å². The van der Waals surface area contributed by atoms with Crippen LogP contribution in [0, 0.1) is 29.6 Å². The zero-order valence-electron chi connectivity index (χ0n) is 21.2. The highest BCUT2D eigenvalue weighted by Crippen LogP contribution is 2.35. The van der Waals surface area contributed by atoms with Crippen LogP contribution in [-0.4, -0.2) is 70.3 Å². The zero-order valence-corrected chi connectivity index (χ0v) is 22.1. The van der Waals surface area contributed by atoms with Crippen LogP contribution in [0.2, 0.25) is 0 Å². The Kier molecular flexibility index (Phi) is 8.24. The molecule has 5 rings (SSSR count). The summed E-state index contributed by atoms with van der Waals surface area (Å²) in [5, 5.41) is 11.4. The van der Waals surface area contributed by atoms with Crippen molar-refractivity contribution in [3.63, 3.8) is 0 Å². The SMILES string of the molecule is COc1cnc(C(F)F)cc1-c1cc(C#CCN2CCOCC2=O)ncc1C(=O)Nc1nnc(C#CC2CC2)s1. The minimum atomic E-state index is -2.84. The van der Waals surface area contributed by atoms with Crippen molar-refractivity contribution >= 4 is 28.3 Å². The van der Waals surface area contributed by atoms with E-state index < -0.39 is 18.0 Å². The molecular formula is C27H22F2N6O4S. The third-order valence-electron chi connectivity index (χ3n) is 5.95. The lowest BCUT2D eigenvalue weighted by atomic mass is 9.99. The van der Waals surface area contributed by atoms with Crippen molar-refractivity contribution in [3.8, 4) is 40.6 Å². The van der Waals surface area contributed by atoms with Crippen LogP contribution in [0.15, 0.2) is 24.5 Å². The van der Waals surface area contributed by atoms with Gasteiger partial charge in [0.05, 0.1) is 32.0 Å². The predicted octanol–water partition coefficient (Wildman–Crippen LogP) is 3.17. The Bertz CT molecular complexity index is 1570. The first-order valence-corrected chi connectivity index (χ1v) is 13.1. The maximum atomic E-state index is 13.5. The number of carbonyl (C=O) groups excluding carboxylic acids is 2. The molecule has 0 bridgehead atoms. The zero-order chi connectivity index (χ0) is 28.1. The van der Waals surface area contributed by atoms with Crippen molar-refractivity contribution in [1.82, 2.24) is 25.1 Å². The highest BCUT2D eigenvalue weighted by molar-refractivity contribution is 7.15. The standard InChI is InChI=1S/C27H22F2N6O4S/c1-38-22-14-31-21(25(28)29)12-19(22)18-11-17(3-2-8-35-9-10-39-15-24(35)36)30-13-20(18)26(37)32-27-34-33-23(40-27)7-6-16-4-5-16/h11-14,16,25H,4-5,8-10,15H2,1H3,(H,32,34,37). The molecule has 13 heteroatoms. The molecule has 1 saturated carbocycles. The molecule has 2 fully saturated rings. The Labute approximate surface area is 232 Å². The molecule has 2 aliphatic rings. The molecule has 3 aromatic rings. The third-order valence-corrected chi connectivity index (χ3v) is 6.70. The highest BCUT2D eigenvalue weighted by Gasteiger charge is 2.22. The number of anilines is 1. The van der Waals surface area contributed by atoms with E-state index in [0.29, 0.717) is 24.1 Å². The van der Waals surface area contributed by atoms with Crippen LogP contribution in [0.4, 0.5) is 13.9 Å². The van der Waals surface area contributed by atoms with Crippen LogP contribution in [0.3, 0.4) is 0 Å².